The van der Waals surface area contributed by atoms with Gasteiger partial charge in [-0.3, -0.25) is 14.6 Å². The number of urea groups is 1. The summed E-state index contributed by atoms with van der Waals surface area (Å²) in [5, 5.41) is 19.3. The van der Waals surface area contributed by atoms with E-state index in [2.05, 4.69) is 25.9 Å². The molecule has 0 saturated heterocycles. The zero-order valence-corrected chi connectivity index (χ0v) is 27.3. The average molecular weight is 711 g/mol. The fourth-order valence-corrected chi connectivity index (χ4v) is 5.68. The summed E-state index contributed by atoms with van der Waals surface area (Å²) < 4.78 is 70.6. The van der Waals surface area contributed by atoms with E-state index in [1.165, 1.54) is 31.2 Å². The van der Waals surface area contributed by atoms with Crippen LogP contribution in [0.2, 0.25) is 0 Å². The zero-order valence-electron chi connectivity index (χ0n) is 27.3. The molecule has 0 unspecified atom stereocenters. The van der Waals surface area contributed by atoms with Gasteiger partial charge in [0, 0.05) is 41.4 Å². The third-order valence-electron chi connectivity index (χ3n) is 8.78. The first-order valence-corrected chi connectivity index (χ1v) is 16.1. The van der Waals surface area contributed by atoms with Crippen molar-refractivity contribution in [1.29, 1.82) is 0 Å². The number of fused-ring (bicyclic) bond motifs is 2. The van der Waals surface area contributed by atoms with E-state index in [-0.39, 0.29) is 53.9 Å². The van der Waals surface area contributed by atoms with Crippen molar-refractivity contribution in [3.63, 3.8) is 0 Å². The van der Waals surface area contributed by atoms with Gasteiger partial charge in [0.05, 0.1) is 18.3 Å². The number of carbonyl (C=O) groups excluding carboxylic acids is 3. The Morgan fingerprint density at radius 2 is 1.78 bits per heavy atom. The number of primary amides is 1. The van der Waals surface area contributed by atoms with Crippen LogP contribution in [0.1, 0.15) is 47.8 Å². The van der Waals surface area contributed by atoms with Gasteiger partial charge in [-0.15, -0.1) is 0 Å². The van der Waals surface area contributed by atoms with Gasteiger partial charge >= 0.3 is 12.2 Å². The van der Waals surface area contributed by atoms with Crippen molar-refractivity contribution in [2.45, 2.75) is 49.5 Å². The fourth-order valence-electron chi connectivity index (χ4n) is 5.68. The number of aromatic nitrogens is 2. The standard InChI is InChI=1S/C35H34F4N6O6/c1-33(31(47)42-12-3-13-43-32(40)48)18-50-29-24(33)16-26(45-28(29)19-5-7-22(36)8-6-19)34(49,35(37,38)39)17-44-30(46)21-14-20-4-2-11-41-27(20)25(15-21)51-23-9-10-23/h2,4-8,11,14-16,23,49H,3,9-10,12-13,17-18H2,1H3,(H,42,47)(H,44,46)(H3,40,43,48)/t33-,34-/m0/s1. The quantitative estimate of drug-likeness (QED) is 0.108. The largest absolute Gasteiger partial charge is 0.489 e. The Labute approximate surface area is 288 Å². The van der Waals surface area contributed by atoms with Gasteiger partial charge in [-0.2, -0.15) is 13.2 Å². The lowest BCUT2D eigenvalue weighted by molar-refractivity contribution is -0.265. The van der Waals surface area contributed by atoms with E-state index in [4.69, 9.17) is 15.2 Å². The lowest BCUT2D eigenvalue weighted by Crippen LogP contribution is -2.52. The molecule has 3 heterocycles. The van der Waals surface area contributed by atoms with Crippen LogP contribution in [-0.4, -0.2) is 71.4 Å². The van der Waals surface area contributed by atoms with Crippen LogP contribution in [0, 0.1) is 5.82 Å². The number of alkyl halides is 3. The minimum atomic E-state index is -5.39. The number of ether oxygens (including phenoxy) is 2. The summed E-state index contributed by atoms with van der Waals surface area (Å²) in [6.45, 7) is 0.0557. The van der Waals surface area contributed by atoms with Crippen LogP contribution in [0.5, 0.6) is 11.5 Å². The number of pyridine rings is 2. The number of aliphatic hydroxyl groups is 1. The monoisotopic (exact) mass is 710 g/mol. The molecular formula is C35H34F4N6O6. The van der Waals surface area contributed by atoms with E-state index < -0.39 is 53.1 Å². The SMILES string of the molecule is C[C@]1(C(=O)NCCCNC(N)=O)COc2c1cc([C@@](O)(CNC(=O)c1cc(OC3CC3)c3ncccc3c1)C(F)(F)F)nc2-c1ccc(F)cc1. The van der Waals surface area contributed by atoms with Crippen LogP contribution in [0.15, 0.2) is 60.8 Å². The lowest BCUT2D eigenvalue weighted by atomic mass is 9.81. The molecule has 2 aromatic carbocycles. The number of benzene rings is 2. The number of nitrogens with two attached hydrogens (primary N) is 1. The molecule has 51 heavy (non-hydrogen) atoms. The number of rotatable bonds is 12. The highest BCUT2D eigenvalue weighted by Crippen LogP contribution is 2.48. The zero-order chi connectivity index (χ0) is 36.6. The van der Waals surface area contributed by atoms with Crippen molar-refractivity contribution in [2.75, 3.05) is 26.2 Å². The number of nitrogens with one attached hydrogen (secondary N) is 3. The molecule has 2 aliphatic rings. The van der Waals surface area contributed by atoms with E-state index in [0.717, 1.165) is 31.0 Å². The second-order valence-electron chi connectivity index (χ2n) is 12.7. The van der Waals surface area contributed by atoms with Gasteiger partial charge in [0.25, 0.3) is 5.91 Å². The van der Waals surface area contributed by atoms with Gasteiger partial charge in [0.15, 0.2) is 0 Å². The molecule has 1 fully saturated rings. The average Bonchev–Trinajstić information content (AvgIpc) is 3.85. The van der Waals surface area contributed by atoms with Crippen molar-refractivity contribution >= 4 is 28.7 Å². The second-order valence-corrected chi connectivity index (χ2v) is 12.7. The first-order chi connectivity index (χ1) is 24.2. The summed E-state index contributed by atoms with van der Waals surface area (Å²) in [6, 6.07) is 11.1. The predicted molar refractivity (Wildman–Crippen MR) is 175 cm³/mol. The van der Waals surface area contributed by atoms with Crippen LogP contribution in [0.3, 0.4) is 0 Å². The molecule has 0 radical (unpaired) electrons. The molecule has 0 bridgehead atoms. The molecule has 0 spiro atoms. The summed E-state index contributed by atoms with van der Waals surface area (Å²) in [5.74, 6) is -1.88. The minimum absolute atomic E-state index is 0.0162. The van der Waals surface area contributed by atoms with Crippen LogP contribution in [0.4, 0.5) is 22.4 Å². The van der Waals surface area contributed by atoms with Crippen molar-refractivity contribution in [1.82, 2.24) is 25.9 Å². The normalized spacial score (nSPS) is 17.9. The summed E-state index contributed by atoms with van der Waals surface area (Å²) in [7, 11) is 0. The number of amides is 4. The van der Waals surface area contributed by atoms with E-state index in [9.17, 15) is 37.1 Å². The highest BCUT2D eigenvalue weighted by molar-refractivity contribution is 6.00. The number of carbonyl (C=O) groups is 3. The molecule has 2 atom stereocenters. The molecule has 2 aromatic heterocycles. The molecule has 1 aliphatic carbocycles. The molecule has 4 aromatic rings. The molecule has 12 nitrogen and oxygen atoms in total. The molecular weight excluding hydrogens is 676 g/mol. The van der Waals surface area contributed by atoms with Crippen molar-refractivity contribution < 1.29 is 46.5 Å². The van der Waals surface area contributed by atoms with E-state index in [1.807, 2.05) is 0 Å². The van der Waals surface area contributed by atoms with E-state index in [0.29, 0.717) is 23.1 Å². The van der Waals surface area contributed by atoms with Crippen LogP contribution in [-0.2, 0) is 15.8 Å². The van der Waals surface area contributed by atoms with Gasteiger partial charge < -0.3 is 36.3 Å². The van der Waals surface area contributed by atoms with E-state index >= 15 is 0 Å². The van der Waals surface area contributed by atoms with Crippen molar-refractivity contribution in [3.8, 4) is 22.8 Å². The Bertz CT molecular complexity index is 1990. The Kier molecular flexibility index (Phi) is 9.46. The summed E-state index contributed by atoms with van der Waals surface area (Å²) in [6.07, 6.45) is -1.95. The molecule has 1 aliphatic heterocycles. The number of hydrogen-bond acceptors (Lipinski definition) is 8. The minimum Gasteiger partial charge on any atom is -0.489 e. The summed E-state index contributed by atoms with van der Waals surface area (Å²) in [4.78, 5) is 46.3. The van der Waals surface area contributed by atoms with Crippen LogP contribution >= 0.6 is 0 Å². The number of nitrogens with zero attached hydrogens (tertiary/aromatic N) is 2. The Hall–Kier alpha value is -5.51. The van der Waals surface area contributed by atoms with Crippen LogP contribution < -0.4 is 31.2 Å². The highest BCUT2D eigenvalue weighted by atomic mass is 19.4. The Balaban J connectivity index is 1.35. The van der Waals surface area contributed by atoms with Gasteiger partial charge in [-0.05, 0) is 74.7 Å². The second kappa shape index (κ2) is 13.7. The molecule has 6 rings (SSSR count). The third-order valence-corrected chi connectivity index (χ3v) is 8.78. The van der Waals surface area contributed by atoms with Gasteiger partial charge in [-0.1, -0.05) is 6.07 Å². The van der Waals surface area contributed by atoms with Gasteiger partial charge in [0.2, 0.25) is 11.5 Å². The topological polar surface area (TPSA) is 178 Å². The molecule has 4 amide bonds. The third kappa shape index (κ3) is 7.22. The fraction of sp³-hybridized carbons (Fsp3) is 0.343. The molecule has 268 valence electrons. The highest BCUT2D eigenvalue weighted by Gasteiger charge is 2.58. The predicted octanol–water partition coefficient (Wildman–Crippen LogP) is 3.98. The van der Waals surface area contributed by atoms with Crippen molar-refractivity contribution in [2.24, 2.45) is 5.73 Å². The first kappa shape index (κ1) is 35.3. The smallest absolute Gasteiger partial charge is 0.424 e. The summed E-state index contributed by atoms with van der Waals surface area (Å²) >= 11 is 0. The number of halogens is 4. The van der Waals surface area contributed by atoms with Crippen LogP contribution in [0.25, 0.3) is 22.2 Å². The van der Waals surface area contributed by atoms with Gasteiger partial charge in [-0.25, -0.2) is 14.2 Å². The Morgan fingerprint density at radius 3 is 2.47 bits per heavy atom. The van der Waals surface area contributed by atoms with Gasteiger partial charge in [0.1, 0.15) is 40.5 Å². The maximum absolute atomic E-state index is 15.0. The number of hydrogen-bond donors (Lipinski definition) is 5. The maximum atomic E-state index is 15.0. The lowest BCUT2D eigenvalue weighted by Gasteiger charge is -2.31. The molecule has 6 N–H and O–H groups in total. The maximum Gasteiger partial charge on any atom is 0.424 e. The summed E-state index contributed by atoms with van der Waals surface area (Å²) in [5.41, 5.74) is -0.775. The molecule has 1 saturated carbocycles. The van der Waals surface area contributed by atoms with Crippen molar-refractivity contribution in [3.05, 3.63) is 83.4 Å². The van der Waals surface area contributed by atoms with E-state index in [1.54, 1.807) is 18.3 Å². The first-order valence-electron chi connectivity index (χ1n) is 16.1. The Morgan fingerprint density at radius 1 is 1.06 bits per heavy atom. The molecule has 16 heteroatoms.